The van der Waals surface area contributed by atoms with Gasteiger partial charge in [0.1, 0.15) is 5.82 Å². The molecule has 0 radical (unpaired) electrons. The summed E-state index contributed by atoms with van der Waals surface area (Å²) in [4.78, 5) is 2.09. The van der Waals surface area contributed by atoms with Gasteiger partial charge < -0.3 is 15.7 Å². The molecule has 0 heterocycles. The zero-order valence-corrected chi connectivity index (χ0v) is 11.2. The van der Waals surface area contributed by atoms with Crippen molar-refractivity contribution in [1.29, 1.82) is 0 Å². The molecule has 0 aliphatic rings. The van der Waals surface area contributed by atoms with E-state index in [0.717, 1.165) is 37.1 Å². The van der Waals surface area contributed by atoms with Crippen LogP contribution in [0.5, 0.6) is 0 Å². The molecule has 0 bridgehead atoms. The largest absolute Gasteiger partial charge is 0.396 e. The van der Waals surface area contributed by atoms with E-state index in [9.17, 15) is 4.39 Å². The zero-order valence-electron chi connectivity index (χ0n) is 11.2. The number of rotatable bonds is 7. The minimum absolute atomic E-state index is 0.185. The van der Waals surface area contributed by atoms with Gasteiger partial charge in [0, 0.05) is 31.9 Å². The van der Waals surface area contributed by atoms with E-state index < -0.39 is 0 Å². The number of hydrogen-bond acceptors (Lipinski definition) is 3. The van der Waals surface area contributed by atoms with Crippen LogP contribution in [0.1, 0.15) is 37.8 Å². The van der Waals surface area contributed by atoms with Crippen LogP contribution in [0.25, 0.3) is 0 Å². The summed E-state index contributed by atoms with van der Waals surface area (Å²) in [5.74, 6) is -0.250. The molecule has 1 aromatic carbocycles. The summed E-state index contributed by atoms with van der Waals surface area (Å²) in [6, 6.07) is 4.56. The highest BCUT2D eigenvalue weighted by molar-refractivity contribution is 5.54. The Kier molecular flexibility index (Phi) is 6.09. The van der Waals surface area contributed by atoms with Crippen molar-refractivity contribution in [2.24, 2.45) is 5.73 Å². The van der Waals surface area contributed by atoms with E-state index >= 15 is 0 Å². The molecule has 0 saturated carbocycles. The fourth-order valence-corrected chi connectivity index (χ4v) is 2.00. The first-order valence-corrected chi connectivity index (χ1v) is 6.43. The highest BCUT2D eigenvalue weighted by Gasteiger charge is 2.11. The van der Waals surface area contributed by atoms with Crippen LogP contribution in [0.15, 0.2) is 18.2 Å². The Hall–Kier alpha value is -1.13. The van der Waals surface area contributed by atoms with Gasteiger partial charge in [0.05, 0.1) is 0 Å². The summed E-state index contributed by atoms with van der Waals surface area (Å²) in [6.07, 6.45) is 2.83. The van der Waals surface area contributed by atoms with Crippen molar-refractivity contribution in [2.45, 2.75) is 32.2 Å². The van der Waals surface area contributed by atoms with E-state index in [0.29, 0.717) is 0 Å². The van der Waals surface area contributed by atoms with Crippen molar-refractivity contribution in [3.63, 3.8) is 0 Å². The van der Waals surface area contributed by atoms with E-state index in [2.05, 4.69) is 4.90 Å². The third kappa shape index (κ3) is 4.27. The molecular formula is C14H23FN2O. The average Bonchev–Trinajstić information content (AvgIpc) is 2.34. The van der Waals surface area contributed by atoms with Crippen LogP contribution >= 0.6 is 0 Å². The fourth-order valence-electron chi connectivity index (χ4n) is 2.00. The fraction of sp³-hybridized carbons (Fsp3) is 0.571. The maximum Gasteiger partial charge on any atom is 0.123 e. The van der Waals surface area contributed by atoms with E-state index in [-0.39, 0.29) is 18.5 Å². The molecule has 0 saturated heterocycles. The lowest BCUT2D eigenvalue weighted by molar-refractivity contribution is 0.283. The van der Waals surface area contributed by atoms with Crippen molar-refractivity contribution in [2.75, 3.05) is 25.1 Å². The number of hydrogen-bond donors (Lipinski definition) is 2. The van der Waals surface area contributed by atoms with Crippen LogP contribution in [-0.2, 0) is 0 Å². The molecule has 0 amide bonds. The molecule has 18 heavy (non-hydrogen) atoms. The van der Waals surface area contributed by atoms with E-state index in [1.807, 2.05) is 14.0 Å². The van der Waals surface area contributed by atoms with E-state index in [1.165, 1.54) is 12.1 Å². The number of unbranched alkanes of at least 4 members (excludes halogenated alkanes) is 2. The van der Waals surface area contributed by atoms with Gasteiger partial charge in [0.2, 0.25) is 0 Å². The molecule has 1 aromatic rings. The number of aliphatic hydroxyl groups is 1. The standard InChI is InChI=1S/C14H23FN2O/c1-11(16)13-10-12(15)6-7-14(13)17(2)8-4-3-5-9-18/h6-7,10-11,18H,3-5,8-9,16H2,1-2H3/t11-/m0/s1. The van der Waals surface area contributed by atoms with Crippen LogP contribution in [0, 0.1) is 5.82 Å². The van der Waals surface area contributed by atoms with Crippen LogP contribution < -0.4 is 10.6 Å². The SMILES string of the molecule is C[C@H](N)c1cc(F)ccc1N(C)CCCCCO. The number of nitrogens with zero attached hydrogens (tertiary/aromatic N) is 1. The Balaban J connectivity index is 2.69. The number of benzene rings is 1. The Labute approximate surface area is 108 Å². The molecule has 102 valence electrons. The van der Waals surface area contributed by atoms with Gasteiger partial charge in [-0.3, -0.25) is 0 Å². The van der Waals surface area contributed by atoms with Gasteiger partial charge in [-0.15, -0.1) is 0 Å². The topological polar surface area (TPSA) is 49.5 Å². The van der Waals surface area contributed by atoms with Crippen molar-refractivity contribution in [3.8, 4) is 0 Å². The normalized spacial score (nSPS) is 12.5. The predicted molar refractivity (Wildman–Crippen MR) is 73.2 cm³/mol. The van der Waals surface area contributed by atoms with Gasteiger partial charge in [-0.05, 0) is 49.9 Å². The van der Waals surface area contributed by atoms with Crippen LogP contribution in [0.2, 0.25) is 0 Å². The highest BCUT2D eigenvalue weighted by atomic mass is 19.1. The molecule has 0 spiro atoms. The second-order valence-electron chi connectivity index (χ2n) is 4.70. The first-order chi connectivity index (χ1) is 8.56. The van der Waals surface area contributed by atoms with Gasteiger partial charge in [0.15, 0.2) is 0 Å². The summed E-state index contributed by atoms with van der Waals surface area (Å²) in [5, 5.41) is 8.72. The molecule has 0 unspecified atom stereocenters. The third-order valence-electron chi connectivity index (χ3n) is 3.04. The molecule has 0 aliphatic carbocycles. The number of aliphatic hydroxyl groups excluding tert-OH is 1. The van der Waals surface area contributed by atoms with Gasteiger partial charge >= 0.3 is 0 Å². The lowest BCUT2D eigenvalue weighted by atomic mass is 10.1. The maximum atomic E-state index is 13.2. The van der Waals surface area contributed by atoms with Gasteiger partial charge in [0.25, 0.3) is 0 Å². The summed E-state index contributed by atoms with van der Waals surface area (Å²) >= 11 is 0. The summed E-state index contributed by atoms with van der Waals surface area (Å²) in [5.41, 5.74) is 7.69. The molecular weight excluding hydrogens is 231 g/mol. The predicted octanol–water partition coefficient (Wildman–Crippen LogP) is 2.44. The zero-order chi connectivity index (χ0) is 13.5. The van der Waals surface area contributed by atoms with Gasteiger partial charge in [-0.2, -0.15) is 0 Å². The summed E-state index contributed by atoms with van der Waals surface area (Å²) in [7, 11) is 1.98. The first-order valence-electron chi connectivity index (χ1n) is 6.43. The van der Waals surface area contributed by atoms with Crippen molar-refractivity contribution in [3.05, 3.63) is 29.6 Å². The molecule has 0 aliphatic heterocycles. The van der Waals surface area contributed by atoms with E-state index in [4.69, 9.17) is 10.8 Å². The second kappa shape index (κ2) is 7.34. The third-order valence-corrected chi connectivity index (χ3v) is 3.04. The Morgan fingerprint density at radius 1 is 1.33 bits per heavy atom. The van der Waals surface area contributed by atoms with Crippen molar-refractivity contribution >= 4 is 5.69 Å². The Bertz CT molecular complexity index is 369. The van der Waals surface area contributed by atoms with Crippen molar-refractivity contribution in [1.82, 2.24) is 0 Å². The molecule has 4 heteroatoms. The number of halogens is 1. The van der Waals surface area contributed by atoms with Crippen LogP contribution in [0.3, 0.4) is 0 Å². The maximum absolute atomic E-state index is 13.2. The summed E-state index contributed by atoms with van der Waals surface area (Å²) < 4.78 is 13.2. The monoisotopic (exact) mass is 254 g/mol. The van der Waals surface area contributed by atoms with Crippen LogP contribution in [0.4, 0.5) is 10.1 Å². The Morgan fingerprint density at radius 2 is 2.06 bits per heavy atom. The smallest absolute Gasteiger partial charge is 0.123 e. The average molecular weight is 254 g/mol. The minimum Gasteiger partial charge on any atom is -0.396 e. The molecule has 0 aromatic heterocycles. The lowest BCUT2D eigenvalue weighted by Crippen LogP contribution is -2.22. The second-order valence-corrected chi connectivity index (χ2v) is 4.70. The van der Waals surface area contributed by atoms with Gasteiger partial charge in [-0.25, -0.2) is 4.39 Å². The molecule has 0 fully saturated rings. The van der Waals surface area contributed by atoms with Gasteiger partial charge in [-0.1, -0.05) is 0 Å². The van der Waals surface area contributed by atoms with Crippen molar-refractivity contribution < 1.29 is 9.50 Å². The minimum atomic E-state index is -0.250. The Morgan fingerprint density at radius 3 is 2.67 bits per heavy atom. The number of anilines is 1. The lowest BCUT2D eigenvalue weighted by Gasteiger charge is -2.24. The van der Waals surface area contributed by atoms with Crippen LogP contribution in [-0.4, -0.2) is 25.3 Å². The molecule has 3 N–H and O–H groups in total. The molecule has 1 atom stereocenters. The van der Waals surface area contributed by atoms with E-state index in [1.54, 1.807) is 6.07 Å². The highest BCUT2D eigenvalue weighted by Crippen LogP contribution is 2.25. The first kappa shape index (κ1) is 14.9. The molecule has 3 nitrogen and oxygen atoms in total. The molecule has 1 rings (SSSR count). The number of nitrogens with two attached hydrogens (primary N) is 1. The summed E-state index contributed by atoms with van der Waals surface area (Å²) in [6.45, 7) is 2.98. The quantitative estimate of drug-likeness (QED) is 0.735.